The van der Waals surface area contributed by atoms with Gasteiger partial charge >= 0.3 is 5.97 Å². The summed E-state index contributed by atoms with van der Waals surface area (Å²) in [6.45, 7) is 2.44. The zero-order chi connectivity index (χ0) is 24.2. The number of rotatable bonds is 6. The Morgan fingerprint density at radius 1 is 1.06 bits per heavy atom. The molecule has 0 spiro atoms. The highest BCUT2D eigenvalue weighted by Crippen LogP contribution is 2.24. The fourth-order valence-electron chi connectivity index (χ4n) is 3.47. The standard InChI is InChI=1S/C26H20N2O5S/c1-16-4-2-5-18(12-16)15-33-21-10-8-17(9-11-21)13-22-23(29)27-26(34)28(24(22)30)20-7-3-6-19(14-20)25(31)32/h2-14H,15H2,1H3,(H,31,32)(H,27,29,34). The average Bonchev–Trinajstić information content (AvgIpc) is 2.81. The maximum absolute atomic E-state index is 13.1. The maximum Gasteiger partial charge on any atom is 0.335 e. The molecule has 2 amide bonds. The molecule has 8 heteroatoms. The number of aryl methyl sites for hydroxylation is 1. The molecule has 1 fully saturated rings. The molecule has 0 atom stereocenters. The van der Waals surface area contributed by atoms with Crippen molar-refractivity contribution in [2.75, 3.05) is 4.90 Å². The topological polar surface area (TPSA) is 95.9 Å². The summed E-state index contributed by atoms with van der Waals surface area (Å²) < 4.78 is 5.81. The molecule has 0 aromatic heterocycles. The van der Waals surface area contributed by atoms with Gasteiger partial charge in [0.1, 0.15) is 17.9 Å². The fraction of sp³-hybridized carbons (Fsp3) is 0.0769. The van der Waals surface area contributed by atoms with Crippen molar-refractivity contribution in [3.05, 3.63) is 101 Å². The van der Waals surface area contributed by atoms with Crippen LogP contribution in [0.15, 0.2) is 78.4 Å². The molecular formula is C26H20N2O5S. The number of carbonyl (C=O) groups is 3. The first kappa shape index (κ1) is 22.9. The highest BCUT2D eigenvalue weighted by atomic mass is 32.1. The van der Waals surface area contributed by atoms with Crippen LogP contribution < -0.4 is 15.0 Å². The van der Waals surface area contributed by atoms with Gasteiger partial charge in [-0.15, -0.1) is 0 Å². The monoisotopic (exact) mass is 472 g/mol. The molecule has 2 N–H and O–H groups in total. The van der Waals surface area contributed by atoms with Crippen LogP contribution in [0.2, 0.25) is 0 Å². The van der Waals surface area contributed by atoms with E-state index in [0.29, 0.717) is 17.9 Å². The van der Waals surface area contributed by atoms with E-state index in [1.54, 1.807) is 30.3 Å². The van der Waals surface area contributed by atoms with Gasteiger partial charge < -0.3 is 9.84 Å². The largest absolute Gasteiger partial charge is 0.489 e. The minimum atomic E-state index is -1.14. The third-order valence-electron chi connectivity index (χ3n) is 5.13. The van der Waals surface area contributed by atoms with Crippen molar-refractivity contribution in [1.29, 1.82) is 0 Å². The number of ether oxygens (including phenoxy) is 1. The summed E-state index contributed by atoms with van der Waals surface area (Å²) in [4.78, 5) is 38.0. The Morgan fingerprint density at radius 2 is 1.79 bits per heavy atom. The lowest BCUT2D eigenvalue weighted by Crippen LogP contribution is -2.54. The summed E-state index contributed by atoms with van der Waals surface area (Å²) in [5.74, 6) is -1.76. The number of anilines is 1. The predicted octanol–water partition coefficient (Wildman–Crippen LogP) is 4.10. The number of carboxylic acids is 1. The number of hydrogen-bond acceptors (Lipinski definition) is 5. The Morgan fingerprint density at radius 3 is 2.50 bits per heavy atom. The van der Waals surface area contributed by atoms with Crippen LogP contribution in [0.3, 0.4) is 0 Å². The van der Waals surface area contributed by atoms with Crippen LogP contribution in [0.5, 0.6) is 5.75 Å². The Labute approximate surface area is 201 Å². The van der Waals surface area contributed by atoms with Crippen molar-refractivity contribution < 1.29 is 24.2 Å². The summed E-state index contributed by atoms with van der Waals surface area (Å²) in [7, 11) is 0. The van der Waals surface area contributed by atoms with Crippen LogP contribution in [0.4, 0.5) is 5.69 Å². The van der Waals surface area contributed by atoms with Crippen LogP contribution in [0, 0.1) is 6.92 Å². The summed E-state index contributed by atoms with van der Waals surface area (Å²) in [6, 6.07) is 20.8. The first-order chi connectivity index (χ1) is 16.3. The number of benzene rings is 3. The van der Waals surface area contributed by atoms with Gasteiger partial charge in [-0.1, -0.05) is 48.0 Å². The first-order valence-electron chi connectivity index (χ1n) is 10.3. The van der Waals surface area contributed by atoms with E-state index in [0.717, 1.165) is 16.0 Å². The molecule has 0 aliphatic carbocycles. The molecule has 1 heterocycles. The van der Waals surface area contributed by atoms with E-state index in [9.17, 15) is 19.5 Å². The Hall–Kier alpha value is -4.30. The summed E-state index contributed by atoms with van der Waals surface area (Å²) >= 11 is 5.17. The Bertz CT molecular complexity index is 1330. The van der Waals surface area contributed by atoms with Crippen LogP contribution >= 0.6 is 12.2 Å². The van der Waals surface area contributed by atoms with Gasteiger partial charge in [0.05, 0.1) is 11.3 Å². The molecule has 0 bridgehead atoms. The molecule has 170 valence electrons. The lowest BCUT2D eigenvalue weighted by molar-refractivity contribution is -0.122. The third kappa shape index (κ3) is 5.02. The normalized spacial score (nSPS) is 14.8. The number of carboxylic acid groups (broad SMARTS) is 1. The fourth-order valence-corrected chi connectivity index (χ4v) is 3.75. The van der Waals surface area contributed by atoms with Gasteiger partial charge in [0.2, 0.25) is 0 Å². The average molecular weight is 473 g/mol. The number of thiocarbonyl (C=S) groups is 1. The number of nitrogens with one attached hydrogen (secondary N) is 1. The molecule has 4 rings (SSSR count). The highest BCUT2D eigenvalue weighted by molar-refractivity contribution is 7.80. The first-order valence-corrected chi connectivity index (χ1v) is 10.8. The minimum absolute atomic E-state index is 0.00298. The predicted molar refractivity (Wildman–Crippen MR) is 132 cm³/mol. The summed E-state index contributed by atoms with van der Waals surface area (Å²) in [6.07, 6.45) is 1.46. The van der Waals surface area contributed by atoms with Crippen LogP contribution in [0.1, 0.15) is 27.0 Å². The number of amides is 2. The molecule has 0 unspecified atom stereocenters. The second-order valence-electron chi connectivity index (χ2n) is 7.66. The number of nitrogens with zero attached hydrogens (tertiary/aromatic N) is 1. The van der Waals surface area contributed by atoms with Crippen molar-refractivity contribution in [1.82, 2.24) is 5.32 Å². The zero-order valence-corrected chi connectivity index (χ0v) is 19.0. The van der Waals surface area contributed by atoms with Crippen molar-refractivity contribution >= 4 is 46.9 Å². The van der Waals surface area contributed by atoms with Gasteiger partial charge in [0.25, 0.3) is 11.8 Å². The lowest BCUT2D eigenvalue weighted by atomic mass is 10.1. The highest BCUT2D eigenvalue weighted by Gasteiger charge is 2.34. The van der Waals surface area contributed by atoms with E-state index in [4.69, 9.17) is 17.0 Å². The number of aromatic carboxylic acids is 1. The van der Waals surface area contributed by atoms with Gasteiger partial charge in [-0.2, -0.15) is 0 Å². The van der Waals surface area contributed by atoms with Crippen LogP contribution in [-0.4, -0.2) is 28.0 Å². The SMILES string of the molecule is Cc1cccc(COc2ccc(C=C3C(=O)NC(=S)N(c4cccc(C(=O)O)c4)C3=O)cc2)c1. The van der Waals surface area contributed by atoms with Crippen LogP contribution in [-0.2, 0) is 16.2 Å². The number of carbonyl (C=O) groups excluding carboxylic acids is 2. The lowest BCUT2D eigenvalue weighted by Gasteiger charge is -2.29. The molecular weight excluding hydrogens is 452 g/mol. The van der Waals surface area contributed by atoms with Crippen molar-refractivity contribution in [2.45, 2.75) is 13.5 Å². The molecule has 7 nitrogen and oxygen atoms in total. The molecule has 1 aliphatic heterocycles. The van der Waals surface area contributed by atoms with Gasteiger partial charge in [-0.05, 0) is 66.7 Å². The van der Waals surface area contributed by atoms with E-state index in [1.165, 1.54) is 24.3 Å². The van der Waals surface area contributed by atoms with Gasteiger partial charge in [0.15, 0.2) is 5.11 Å². The van der Waals surface area contributed by atoms with Gasteiger partial charge in [0, 0.05) is 0 Å². The van der Waals surface area contributed by atoms with Gasteiger partial charge in [-0.25, -0.2) is 4.79 Å². The van der Waals surface area contributed by atoms with Crippen molar-refractivity contribution in [2.24, 2.45) is 0 Å². The van der Waals surface area contributed by atoms with E-state index in [2.05, 4.69) is 11.4 Å². The van der Waals surface area contributed by atoms with E-state index in [-0.39, 0.29) is 21.9 Å². The third-order valence-corrected chi connectivity index (χ3v) is 5.42. The van der Waals surface area contributed by atoms with Crippen molar-refractivity contribution in [3.63, 3.8) is 0 Å². The molecule has 34 heavy (non-hydrogen) atoms. The maximum atomic E-state index is 13.1. The molecule has 0 radical (unpaired) electrons. The van der Waals surface area contributed by atoms with E-state index >= 15 is 0 Å². The van der Waals surface area contributed by atoms with Crippen molar-refractivity contribution in [3.8, 4) is 5.75 Å². The smallest absolute Gasteiger partial charge is 0.335 e. The molecule has 1 aliphatic rings. The Kier molecular flexibility index (Phi) is 6.51. The molecule has 3 aromatic rings. The Balaban J connectivity index is 1.53. The van der Waals surface area contributed by atoms with Crippen LogP contribution in [0.25, 0.3) is 6.08 Å². The second-order valence-corrected chi connectivity index (χ2v) is 8.05. The number of hydrogen-bond donors (Lipinski definition) is 2. The molecule has 3 aromatic carbocycles. The minimum Gasteiger partial charge on any atom is -0.489 e. The van der Waals surface area contributed by atoms with Gasteiger partial charge in [-0.3, -0.25) is 19.8 Å². The summed E-state index contributed by atoms with van der Waals surface area (Å²) in [5, 5.41) is 11.6. The zero-order valence-electron chi connectivity index (χ0n) is 18.1. The molecule has 1 saturated heterocycles. The quantitative estimate of drug-likeness (QED) is 0.319. The molecule has 0 saturated carbocycles. The second kappa shape index (κ2) is 9.68. The van der Waals surface area contributed by atoms with E-state index < -0.39 is 17.8 Å². The summed E-state index contributed by atoms with van der Waals surface area (Å²) in [5.41, 5.74) is 2.95. The van der Waals surface area contributed by atoms with E-state index in [1.807, 2.05) is 25.1 Å².